The van der Waals surface area contributed by atoms with Gasteiger partial charge in [-0.05, 0) is 17.5 Å². The molecule has 1 aromatic rings. The van der Waals surface area contributed by atoms with Crippen LogP contribution in [0.1, 0.15) is 19.4 Å². The topological polar surface area (TPSA) is 33.7 Å². The Morgan fingerprint density at radius 2 is 1.81 bits per heavy atom. The molecule has 0 heterocycles. The summed E-state index contributed by atoms with van der Waals surface area (Å²) < 4.78 is 10.3. The van der Waals surface area contributed by atoms with E-state index < -0.39 is 0 Å². The van der Waals surface area contributed by atoms with Gasteiger partial charge in [0.25, 0.3) is 0 Å². The summed E-state index contributed by atoms with van der Waals surface area (Å²) in [5, 5.41) is 3.42. The fraction of sp³-hybridized carbons (Fsp3) is 0.647. The first-order chi connectivity index (χ1) is 10.2. The lowest BCUT2D eigenvalue weighted by molar-refractivity contribution is 0.199. The van der Waals surface area contributed by atoms with Gasteiger partial charge in [-0.2, -0.15) is 0 Å². The van der Waals surface area contributed by atoms with E-state index in [0.29, 0.717) is 5.92 Å². The number of methoxy groups -OCH3 is 2. The molecule has 1 N–H and O–H groups in total. The van der Waals surface area contributed by atoms with Gasteiger partial charge in [0.15, 0.2) is 0 Å². The largest absolute Gasteiger partial charge is 0.383 e. The summed E-state index contributed by atoms with van der Waals surface area (Å²) in [7, 11) is 3.48. The van der Waals surface area contributed by atoms with Crippen LogP contribution in [0.25, 0.3) is 0 Å². The Labute approximate surface area is 129 Å². The predicted molar refractivity (Wildman–Crippen MR) is 89.0 cm³/mol. The summed E-state index contributed by atoms with van der Waals surface area (Å²) in [6, 6.07) is 8.59. The van der Waals surface area contributed by atoms with Crippen molar-refractivity contribution in [3.8, 4) is 0 Å². The molecule has 0 aliphatic carbocycles. The number of para-hydroxylation sites is 1. The van der Waals surface area contributed by atoms with Gasteiger partial charge in [0, 0.05) is 46.1 Å². The van der Waals surface area contributed by atoms with Crippen LogP contribution in [0.5, 0.6) is 0 Å². The van der Waals surface area contributed by atoms with Gasteiger partial charge in [0.1, 0.15) is 0 Å². The zero-order valence-corrected chi connectivity index (χ0v) is 13.9. The molecule has 0 bridgehead atoms. The second-order valence-corrected chi connectivity index (χ2v) is 5.63. The Morgan fingerprint density at radius 3 is 2.48 bits per heavy atom. The van der Waals surface area contributed by atoms with Crippen molar-refractivity contribution in [2.24, 2.45) is 5.92 Å². The third-order valence-electron chi connectivity index (χ3n) is 3.28. The summed E-state index contributed by atoms with van der Waals surface area (Å²) >= 11 is 0. The van der Waals surface area contributed by atoms with Crippen LogP contribution in [0.2, 0.25) is 0 Å². The van der Waals surface area contributed by atoms with Crippen LogP contribution >= 0.6 is 0 Å². The maximum Gasteiger partial charge on any atom is 0.0637 e. The number of anilines is 1. The van der Waals surface area contributed by atoms with E-state index in [1.54, 1.807) is 14.2 Å². The van der Waals surface area contributed by atoms with Crippen molar-refractivity contribution in [2.45, 2.75) is 20.4 Å². The summed E-state index contributed by atoms with van der Waals surface area (Å²) in [5.74, 6) is 0.622. The van der Waals surface area contributed by atoms with Gasteiger partial charge in [0.05, 0.1) is 13.2 Å². The maximum absolute atomic E-state index is 5.25. The van der Waals surface area contributed by atoms with Crippen molar-refractivity contribution in [3.05, 3.63) is 29.8 Å². The standard InChI is InChI=1S/C17H30N2O2/c1-15(2)14-19(10-12-21-4)17-8-6-5-7-16(17)13-18-9-11-20-3/h5-8,15,18H,9-14H2,1-4H3. The quantitative estimate of drug-likeness (QED) is 0.636. The monoisotopic (exact) mass is 294 g/mol. The molecule has 0 saturated heterocycles. The fourth-order valence-electron chi connectivity index (χ4n) is 2.32. The number of ether oxygens (including phenoxy) is 2. The fourth-order valence-corrected chi connectivity index (χ4v) is 2.32. The van der Waals surface area contributed by atoms with Gasteiger partial charge in [-0.1, -0.05) is 32.0 Å². The normalized spacial score (nSPS) is 11.1. The van der Waals surface area contributed by atoms with Crippen LogP contribution < -0.4 is 10.2 Å². The predicted octanol–water partition coefficient (Wildman–Crippen LogP) is 2.53. The Balaban J connectivity index is 2.75. The summed E-state index contributed by atoms with van der Waals surface area (Å²) in [6.07, 6.45) is 0. The number of nitrogens with one attached hydrogen (secondary N) is 1. The second kappa shape index (κ2) is 10.6. The van der Waals surface area contributed by atoms with Gasteiger partial charge in [-0.3, -0.25) is 0 Å². The van der Waals surface area contributed by atoms with E-state index in [4.69, 9.17) is 9.47 Å². The van der Waals surface area contributed by atoms with E-state index in [0.717, 1.165) is 39.4 Å². The lowest BCUT2D eigenvalue weighted by atomic mass is 10.1. The summed E-state index contributed by atoms with van der Waals surface area (Å²) in [5.41, 5.74) is 2.62. The summed E-state index contributed by atoms with van der Waals surface area (Å²) in [4.78, 5) is 2.42. The molecular formula is C17H30N2O2. The van der Waals surface area contributed by atoms with Crippen molar-refractivity contribution in [1.29, 1.82) is 0 Å². The minimum atomic E-state index is 0.622. The van der Waals surface area contributed by atoms with Crippen molar-refractivity contribution in [2.75, 3.05) is 52.0 Å². The first-order valence-electron chi connectivity index (χ1n) is 7.70. The molecule has 0 spiro atoms. The highest BCUT2D eigenvalue weighted by Gasteiger charge is 2.12. The number of benzene rings is 1. The molecule has 0 aliphatic heterocycles. The lowest BCUT2D eigenvalue weighted by Crippen LogP contribution is -2.32. The zero-order valence-electron chi connectivity index (χ0n) is 13.9. The minimum Gasteiger partial charge on any atom is -0.383 e. The molecule has 0 atom stereocenters. The van der Waals surface area contributed by atoms with Crippen molar-refractivity contribution in [3.63, 3.8) is 0 Å². The number of rotatable bonds is 11. The van der Waals surface area contributed by atoms with Crippen molar-refractivity contribution >= 4 is 5.69 Å². The Morgan fingerprint density at radius 1 is 1.10 bits per heavy atom. The molecule has 4 nitrogen and oxygen atoms in total. The highest BCUT2D eigenvalue weighted by Crippen LogP contribution is 2.21. The third-order valence-corrected chi connectivity index (χ3v) is 3.28. The third kappa shape index (κ3) is 6.93. The molecule has 0 fully saturated rings. The molecule has 1 aromatic carbocycles. The van der Waals surface area contributed by atoms with Gasteiger partial charge in [0.2, 0.25) is 0 Å². The molecule has 0 amide bonds. The van der Waals surface area contributed by atoms with Crippen LogP contribution in [-0.4, -0.2) is 47.1 Å². The van der Waals surface area contributed by atoms with Gasteiger partial charge in [-0.25, -0.2) is 0 Å². The Bertz CT molecular complexity index is 383. The first-order valence-corrected chi connectivity index (χ1v) is 7.70. The van der Waals surface area contributed by atoms with Gasteiger partial charge >= 0.3 is 0 Å². The van der Waals surface area contributed by atoms with Crippen LogP contribution in [0.4, 0.5) is 5.69 Å². The minimum absolute atomic E-state index is 0.622. The highest BCUT2D eigenvalue weighted by atomic mass is 16.5. The van der Waals surface area contributed by atoms with E-state index in [-0.39, 0.29) is 0 Å². The lowest BCUT2D eigenvalue weighted by Gasteiger charge is -2.28. The zero-order chi connectivity index (χ0) is 15.5. The molecule has 1 rings (SSSR count). The first kappa shape index (κ1) is 18.0. The SMILES string of the molecule is COCCNCc1ccccc1N(CCOC)CC(C)C. The van der Waals surface area contributed by atoms with Crippen molar-refractivity contribution in [1.82, 2.24) is 5.32 Å². The summed E-state index contributed by atoms with van der Waals surface area (Å²) in [6.45, 7) is 9.68. The van der Waals surface area contributed by atoms with Crippen molar-refractivity contribution < 1.29 is 9.47 Å². The second-order valence-electron chi connectivity index (χ2n) is 5.63. The molecule has 4 heteroatoms. The molecule has 0 unspecified atom stereocenters. The molecule has 0 saturated carbocycles. The number of hydrogen-bond donors (Lipinski definition) is 1. The van der Waals surface area contributed by atoms with E-state index in [1.165, 1.54) is 11.3 Å². The average molecular weight is 294 g/mol. The molecule has 0 radical (unpaired) electrons. The van der Waals surface area contributed by atoms with Crippen LogP contribution in [-0.2, 0) is 16.0 Å². The molecular weight excluding hydrogens is 264 g/mol. The Kier molecular flexibility index (Phi) is 9.06. The molecule has 0 aromatic heterocycles. The number of nitrogens with zero attached hydrogens (tertiary/aromatic N) is 1. The van der Waals surface area contributed by atoms with Crippen LogP contribution in [0.3, 0.4) is 0 Å². The average Bonchev–Trinajstić information content (AvgIpc) is 2.48. The van der Waals surface area contributed by atoms with E-state index in [2.05, 4.69) is 48.3 Å². The molecule has 0 aliphatic rings. The van der Waals surface area contributed by atoms with E-state index in [9.17, 15) is 0 Å². The van der Waals surface area contributed by atoms with E-state index >= 15 is 0 Å². The highest BCUT2D eigenvalue weighted by molar-refractivity contribution is 5.53. The number of hydrogen-bond acceptors (Lipinski definition) is 4. The maximum atomic E-state index is 5.25. The molecule has 21 heavy (non-hydrogen) atoms. The van der Waals surface area contributed by atoms with Crippen LogP contribution in [0.15, 0.2) is 24.3 Å². The van der Waals surface area contributed by atoms with Crippen LogP contribution in [0, 0.1) is 5.92 Å². The van der Waals surface area contributed by atoms with E-state index in [1.807, 2.05) is 0 Å². The smallest absolute Gasteiger partial charge is 0.0637 e. The van der Waals surface area contributed by atoms with Gasteiger partial charge < -0.3 is 19.7 Å². The molecule has 120 valence electrons. The Hall–Kier alpha value is -1.10. The van der Waals surface area contributed by atoms with Gasteiger partial charge in [-0.15, -0.1) is 0 Å².